The second-order valence-corrected chi connectivity index (χ2v) is 15.7. The van der Waals surface area contributed by atoms with Crippen LogP contribution in [0.15, 0.2) is 72.8 Å². The molecule has 0 unspecified atom stereocenters. The average Bonchev–Trinajstić information content (AvgIpc) is 3.12. The topological polar surface area (TPSA) is 0 Å². The molecule has 1 fully saturated rings. The van der Waals surface area contributed by atoms with Gasteiger partial charge in [-0.05, 0) is 43.5 Å². The summed E-state index contributed by atoms with van der Waals surface area (Å²) in [6.07, 6.45) is -50.5. The van der Waals surface area contributed by atoms with Gasteiger partial charge in [-0.1, -0.05) is 48.5 Å². The van der Waals surface area contributed by atoms with E-state index in [1.165, 1.54) is 36.8 Å². The maximum absolute atomic E-state index is 14.2. The number of nitrogens with zero attached hydrogens (tertiary/aromatic N) is 1. The van der Waals surface area contributed by atoms with E-state index in [1.54, 1.807) is 0 Å². The highest BCUT2D eigenvalue weighted by Gasteiger charge is 2.47. The van der Waals surface area contributed by atoms with Crippen molar-refractivity contribution in [3.05, 3.63) is 117 Å². The molecule has 0 atom stereocenters. The maximum atomic E-state index is 14.2. The predicted molar refractivity (Wildman–Crippen MR) is 186 cm³/mol. The molecule has 0 spiro atoms. The number of hydrogen-bond donors (Lipinski definition) is 0. The monoisotopic (exact) mass is 977 g/mol. The standard InChI is InChI=1S/C32H12BF24.C7H16N/c34-25(35,36)13-1-14(26(37,38)39)6-21(5-13)33(22-7-15(27(40,41)42)2-16(8-22)28(43,44)45,23-9-17(29(46,47)48)3-18(10-23)30(49,50)51)24-11-19(31(52,53)54)4-20(12-24)32(55,56)57;1-8(2)6-4-3-5-7-8/h1-12H;3-7H2,1-2H3/q-1;+1. The van der Waals surface area contributed by atoms with Gasteiger partial charge in [0.15, 0.2) is 0 Å². The summed E-state index contributed by atoms with van der Waals surface area (Å²) in [4.78, 5) is 0. The zero-order chi connectivity index (χ0) is 49.9. The highest BCUT2D eigenvalue weighted by Crippen LogP contribution is 2.41. The first-order valence-corrected chi connectivity index (χ1v) is 18.1. The first-order chi connectivity index (χ1) is 29.0. The van der Waals surface area contributed by atoms with Crippen LogP contribution in [0.4, 0.5) is 105 Å². The second kappa shape index (κ2) is 17.1. The minimum absolute atomic E-state index is 0.691. The summed E-state index contributed by atoms with van der Waals surface area (Å²) in [5.41, 5.74) is -30.2. The van der Waals surface area contributed by atoms with Crippen LogP contribution in [0.3, 0.4) is 0 Å². The molecular formula is C39H28BF24N. The molecule has 0 N–H and O–H groups in total. The van der Waals surface area contributed by atoms with Crippen LogP contribution in [0.2, 0.25) is 0 Å². The highest BCUT2D eigenvalue weighted by atomic mass is 19.4. The average molecular weight is 977 g/mol. The summed E-state index contributed by atoms with van der Waals surface area (Å²) in [6.45, 7) is 2.78. The fourth-order valence-electron chi connectivity index (χ4n) is 7.44. The summed E-state index contributed by atoms with van der Waals surface area (Å²) >= 11 is 0. The molecule has 0 amide bonds. The van der Waals surface area contributed by atoms with Gasteiger partial charge in [-0.2, -0.15) is 127 Å². The van der Waals surface area contributed by atoms with Gasteiger partial charge in [0.2, 0.25) is 0 Å². The molecule has 0 saturated carbocycles. The van der Waals surface area contributed by atoms with Crippen LogP contribution < -0.4 is 21.9 Å². The van der Waals surface area contributed by atoms with Crippen LogP contribution in [0.25, 0.3) is 0 Å². The van der Waals surface area contributed by atoms with Crippen LogP contribution >= 0.6 is 0 Å². The molecule has 0 bridgehead atoms. The lowest BCUT2D eigenvalue weighted by molar-refractivity contribution is -0.894. The van der Waals surface area contributed by atoms with Crippen molar-refractivity contribution < 1.29 is 110 Å². The van der Waals surface area contributed by atoms with Gasteiger partial charge in [-0.3, -0.25) is 0 Å². The number of piperidine rings is 1. The van der Waals surface area contributed by atoms with Crippen molar-refractivity contribution in [3.8, 4) is 0 Å². The number of rotatable bonds is 4. The van der Waals surface area contributed by atoms with E-state index in [1.807, 2.05) is 0 Å². The summed E-state index contributed by atoms with van der Waals surface area (Å²) in [7, 11) is 4.64. The van der Waals surface area contributed by atoms with Crippen molar-refractivity contribution in [1.29, 1.82) is 0 Å². The summed E-state index contributed by atoms with van der Waals surface area (Å²) in [6, 6.07) is -8.81. The van der Waals surface area contributed by atoms with Gasteiger partial charge < -0.3 is 4.48 Å². The number of halogens is 24. The van der Waals surface area contributed by atoms with E-state index in [0.717, 1.165) is 0 Å². The molecule has 4 aromatic carbocycles. The van der Waals surface area contributed by atoms with Crippen LogP contribution in [0, 0.1) is 0 Å². The van der Waals surface area contributed by atoms with Crippen molar-refractivity contribution in [2.24, 2.45) is 0 Å². The molecule has 0 aromatic heterocycles. The normalized spacial score (nSPS) is 16.0. The Morgan fingerprint density at radius 1 is 0.277 bits per heavy atom. The summed E-state index contributed by atoms with van der Waals surface area (Å²) < 4.78 is 342. The maximum Gasteiger partial charge on any atom is 0.416 e. The molecular weight excluding hydrogens is 949 g/mol. The van der Waals surface area contributed by atoms with Crippen molar-refractivity contribution in [1.82, 2.24) is 0 Å². The van der Waals surface area contributed by atoms with Crippen LogP contribution in [-0.4, -0.2) is 37.8 Å². The van der Waals surface area contributed by atoms with Crippen LogP contribution in [0.1, 0.15) is 63.8 Å². The molecule has 1 heterocycles. The molecule has 26 heteroatoms. The fourth-order valence-corrected chi connectivity index (χ4v) is 7.44. The number of alkyl halides is 24. The number of quaternary nitrogens is 1. The van der Waals surface area contributed by atoms with E-state index in [4.69, 9.17) is 0 Å². The molecule has 1 saturated heterocycles. The van der Waals surface area contributed by atoms with Crippen molar-refractivity contribution in [2.75, 3.05) is 27.2 Å². The Morgan fingerprint density at radius 3 is 0.538 bits per heavy atom. The lowest BCUT2D eigenvalue weighted by Gasteiger charge is -2.46. The summed E-state index contributed by atoms with van der Waals surface area (Å²) in [5, 5.41) is 0. The van der Waals surface area contributed by atoms with E-state index in [0.29, 0.717) is 0 Å². The van der Waals surface area contributed by atoms with Gasteiger partial charge in [-0.15, -0.1) is 0 Å². The number of benzene rings is 4. The van der Waals surface area contributed by atoms with Crippen LogP contribution in [-0.2, 0) is 49.4 Å². The number of likely N-dealkylation sites (tertiary alicyclic amines) is 1. The predicted octanol–water partition coefficient (Wildman–Crippen LogP) is 12.5. The third-order valence-electron chi connectivity index (χ3n) is 10.5. The number of hydrogen-bond acceptors (Lipinski definition) is 0. The zero-order valence-electron chi connectivity index (χ0n) is 32.6. The Kier molecular flexibility index (Phi) is 13.9. The van der Waals surface area contributed by atoms with E-state index in [2.05, 4.69) is 14.1 Å². The largest absolute Gasteiger partial charge is 0.416 e. The highest BCUT2D eigenvalue weighted by molar-refractivity contribution is 7.20. The molecule has 5 rings (SSSR count). The second-order valence-electron chi connectivity index (χ2n) is 15.7. The van der Waals surface area contributed by atoms with Gasteiger partial charge in [-0.25, -0.2) is 0 Å². The van der Waals surface area contributed by atoms with E-state index in [9.17, 15) is 105 Å². The molecule has 4 aromatic rings. The summed E-state index contributed by atoms with van der Waals surface area (Å²) in [5.74, 6) is 0. The van der Waals surface area contributed by atoms with Crippen molar-refractivity contribution in [2.45, 2.75) is 68.7 Å². The Hall–Kier alpha value is -4.78. The Labute approximate surface area is 351 Å². The quantitative estimate of drug-likeness (QED) is 0.109. The van der Waals surface area contributed by atoms with Crippen LogP contribution in [0.5, 0.6) is 0 Å². The van der Waals surface area contributed by atoms with Gasteiger partial charge >= 0.3 is 49.4 Å². The minimum atomic E-state index is -6.13. The third-order valence-corrected chi connectivity index (χ3v) is 10.5. The molecule has 65 heavy (non-hydrogen) atoms. The van der Waals surface area contributed by atoms with Crippen molar-refractivity contribution >= 4 is 28.0 Å². The molecule has 0 aliphatic carbocycles. The molecule has 360 valence electrons. The lowest BCUT2D eigenvalue weighted by Crippen LogP contribution is -2.75. The Bertz CT molecular complexity index is 1890. The van der Waals surface area contributed by atoms with E-state index >= 15 is 0 Å². The molecule has 0 radical (unpaired) electrons. The van der Waals surface area contributed by atoms with E-state index in [-0.39, 0.29) is 0 Å². The molecule has 1 aliphatic heterocycles. The smallest absolute Gasteiger partial charge is 0.328 e. The Morgan fingerprint density at radius 2 is 0.431 bits per heavy atom. The molecule has 1 aliphatic rings. The zero-order valence-corrected chi connectivity index (χ0v) is 32.6. The first-order valence-electron chi connectivity index (χ1n) is 18.1. The van der Waals surface area contributed by atoms with Gasteiger partial charge in [0, 0.05) is 0 Å². The molecule has 1 nitrogen and oxygen atoms in total. The van der Waals surface area contributed by atoms with Crippen molar-refractivity contribution in [3.63, 3.8) is 0 Å². The SMILES string of the molecule is C[N+]1(C)CCCCC1.FC(F)(F)c1cc([B-](c2cc(C(F)(F)F)cc(C(F)(F)F)c2)(c2cc(C(F)(F)F)cc(C(F)(F)F)c2)c2cc(C(F)(F)F)cc(C(F)(F)F)c2)cc(C(F)(F)F)c1. The Balaban J connectivity index is 0.00000104. The minimum Gasteiger partial charge on any atom is -0.328 e. The third kappa shape index (κ3) is 12.4. The first kappa shape index (κ1) is 52.8. The van der Waals surface area contributed by atoms with E-state index < -0.39 is 195 Å². The van der Waals surface area contributed by atoms with Gasteiger partial charge in [0.05, 0.1) is 71.7 Å². The fraction of sp³-hybridized carbons (Fsp3) is 0.385. The van der Waals surface area contributed by atoms with Gasteiger partial charge in [0.1, 0.15) is 6.15 Å². The van der Waals surface area contributed by atoms with Gasteiger partial charge in [0.25, 0.3) is 0 Å². The lowest BCUT2D eigenvalue weighted by atomic mass is 9.12.